The molecule has 1 aromatic carbocycles. The van der Waals surface area contributed by atoms with Crippen LogP contribution in [0.3, 0.4) is 0 Å². The van der Waals surface area contributed by atoms with Gasteiger partial charge in [0, 0.05) is 44.1 Å². The van der Waals surface area contributed by atoms with Gasteiger partial charge in [-0.2, -0.15) is 0 Å². The van der Waals surface area contributed by atoms with Crippen LogP contribution in [-0.4, -0.2) is 46.1 Å². The molecular weight excluding hydrogens is 288 g/mol. The van der Waals surface area contributed by atoms with Gasteiger partial charge in [0.25, 0.3) is 0 Å². The lowest BCUT2D eigenvalue weighted by Crippen LogP contribution is -2.27. The predicted molar refractivity (Wildman–Crippen MR) is 87.4 cm³/mol. The highest BCUT2D eigenvalue weighted by Gasteiger charge is 2.33. The number of ether oxygens (including phenoxy) is 2. The summed E-state index contributed by atoms with van der Waals surface area (Å²) in [6, 6.07) is 6.52. The molecule has 1 aliphatic rings. The normalized spacial score (nSPS) is 23.6. The first kappa shape index (κ1) is 16.6. The molecule has 0 saturated carbocycles. The van der Waals surface area contributed by atoms with Crippen molar-refractivity contribution >= 4 is 17.3 Å². The fourth-order valence-electron chi connectivity index (χ4n) is 2.89. The lowest BCUT2D eigenvalue weighted by Gasteiger charge is -2.21. The van der Waals surface area contributed by atoms with Crippen molar-refractivity contribution in [2.45, 2.75) is 32.1 Å². The Kier molecular flexibility index (Phi) is 5.88. The molecule has 2 rings (SSSR count). The minimum absolute atomic E-state index is 0.106. The first-order chi connectivity index (χ1) is 10.1. The van der Waals surface area contributed by atoms with Crippen molar-refractivity contribution in [2.24, 2.45) is 0 Å². The highest BCUT2D eigenvalue weighted by Crippen LogP contribution is 2.30. The number of methoxy groups -OCH3 is 2. The first-order valence-electron chi connectivity index (χ1n) is 7.44. The second-order valence-corrected chi connectivity index (χ2v) is 5.85. The van der Waals surface area contributed by atoms with E-state index in [-0.39, 0.29) is 18.2 Å². The fourth-order valence-corrected chi connectivity index (χ4v) is 3.23. The molecule has 0 spiro atoms. The minimum atomic E-state index is 0.106. The van der Waals surface area contributed by atoms with Crippen LogP contribution < -0.4 is 10.2 Å². The van der Waals surface area contributed by atoms with Crippen LogP contribution in [0.15, 0.2) is 18.2 Å². The third-order valence-electron chi connectivity index (χ3n) is 4.15. The fraction of sp³-hybridized carbons (Fsp3) is 0.625. The number of halogens is 1. The lowest BCUT2D eigenvalue weighted by molar-refractivity contribution is -0.00461. The van der Waals surface area contributed by atoms with Gasteiger partial charge in [-0.1, -0.05) is 24.6 Å². The van der Waals surface area contributed by atoms with Crippen LogP contribution in [0.5, 0.6) is 0 Å². The summed E-state index contributed by atoms with van der Waals surface area (Å²) >= 11 is 6.45. The standard InChI is InChI=1S/C16H25ClN2O2/c1-5-18-11(2)13-7-6-12(8-14(13)17)19-9-15(20-3)16(10-19)21-4/h6-8,11,15-16,18H,5,9-10H2,1-4H3. The number of rotatable bonds is 6. The van der Waals surface area contributed by atoms with Crippen molar-refractivity contribution in [3.8, 4) is 0 Å². The maximum Gasteiger partial charge on any atom is 0.102 e. The Morgan fingerprint density at radius 1 is 1.29 bits per heavy atom. The summed E-state index contributed by atoms with van der Waals surface area (Å²) in [6.45, 7) is 6.80. The molecule has 118 valence electrons. The quantitative estimate of drug-likeness (QED) is 0.876. The van der Waals surface area contributed by atoms with Crippen LogP contribution in [0.1, 0.15) is 25.5 Å². The molecule has 1 saturated heterocycles. The molecular formula is C16H25ClN2O2. The number of anilines is 1. The molecule has 0 radical (unpaired) electrons. The Morgan fingerprint density at radius 3 is 2.38 bits per heavy atom. The maximum atomic E-state index is 6.45. The summed E-state index contributed by atoms with van der Waals surface area (Å²) < 4.78 is 11.0. The van der Waals surface area contributed by atoms with Gasteiger partial charge in [-0.25, -0.2) is 0 Å². The predicted octanol–water partition coefficient (Wildman–Crippen LogP) is 2.86. The third-order valence-corrected chi connectivity index (χ3v) is 4.47. The zero-order valence-electron chi connectivity index (χ0n) is 13.2. The van der Waals surface area contributed by atoms with Crippen molar-refractivity contribution in [2.75, 3.05) is 38.8 Å². The molecule has 0 bridgehead atoms. The van der Waals surface area contributed by atoms with Gasteiger partial charge in [-0.15, -0.1) is 0 Å². The summed E-state index contributed by atoms with van der Waals surface area (Å²) in [4.78, 5) is 2.26. The van der Waals surface area contributed by atoms with E-state index in [9.17, 15) is 0 Å². The van der Waals surface area contributed by atoms with Gasteiger partial charge in [0.15, 0.2) is 0 Å². The second-order valence-electron chi connectivity index (χ2n) is 5.44. The molecule has 1 aliphatic heterocycles. The summed E-state index contributed by atoms with van der Waals surface area (Å²) in [5.74, 6) is 0. The molecule has 4 nitrogen and oxygen atoms in total. The van der Waals surface area contributed by atoms with Crippen LogP contribution in [0.2, 0.25) is 5.02 Å². The van der Waals surface area contributed by atoms with E-state index in [0.29, 0.717) is 0 Å². The summed E-state index contributed by atoms with van der Waals surface area (Å²) in [6.07, 6.45) is 0.211. The van der Waals surface area contributed by atoms with Crippen LogP contribution in [0.4, 0.5) is 5.69 Å². The van der Waals surface area contributed by atoms with E-state index in [1.54, 1.807) is 14.2 Å². The van der Waals surface area contributed by atoms with Gasteiger partial charge < -0.3 is 19.7 Å². The van der Waals surface area contributed by atoms with Crippen molar-refractivity contribution in [3.63, 3.8) is 0 Å². The Hall–Kier alpha value is -0.810. The van der Waals surface area contributed by atoms with Crippen molar-refractivity contribution < 1.29 is 9.47 Å². The van der Waals surface area contributed by atoms with Crippen LogP contribution in [0.25, 0.3) is 0 Å². The van der Waals surface area contributed by atoms with Crippen molar-refractivity contribution in [1.29, 1.82) is 0 Å². The van der Waals surface area contributed by atoms with E-state index >= 15 is 0 Å². The molecule has 1 fully saturated rings. The largest absolute Gasteiger partial charge is 0.377 e. The Bertz CT molecular complexity index is 458. The molecule has 1 aromatic rings. The van der Waals surface area contributed by atoms with Gasteiger partial charge in [0.2, 0.25) is 0 Å². The number of benzene rings is 1. The summed E-state index contributed by atoms with van der Waals surface area (Å²) in [5.41, 5.74) is 2.25. The topological polar surface area (TPSA) is 33.7 Å². The van der Waals surface area contributed by atoms with Gasteiger partial charge in [0.1, 0.15) is 12.2 Å². The van der Waals surface area contributed by atoms with E-state index in [4.69, 9.17) is 21.1 Å². The Balaban J connectivity index is 2.13. The highest BCUT2D eigenvalue weighted by atomic mass is 35.5. The van der Waals surface area contributed by atoms with Crippen molar-refractivity contribution in [3.05, 3.63) is 28.8 Å². The van der Waals surface area contributed by atoms with E-state index in [1.165, 1.54) is 0 Å². The van der Waals surface area contributed by atoms with E-state index < -0.39 is 0 Å². The first-order valence-corrected chi connectivity index (χ1v) is 7.81. The average molecular weight is 313 g/mol. The smallest absolute Gasteiger partial charge is 0.102 e. The maximum absolute atomic E-state index is 6.45. The third kappa shape index (κ3) is 3.69. The zero-order valence-corrected chi connectivity index (χ0v) is 14.0. The van der Waals surface area contributed by atoms with E-state index in [1.807, 2.05) is 6.07 Å². The van der Waals surface area contributed by atoms with Gasteiger partial charge in [-0.3, -0.25) is 0 Å². The zero-order chi connectivity index (χ0) is 15.4. The molecule has 0 aliphatic carbocycles. The Morgan fingerprint density at radius 2 is 1.90 bits per heavy atom. The number of hydrogen-bond donors (Lipinski definition) is 1. The summed E-state index contributed by atoms with van der Waals surface area (Å²) in [5, 5.41) is 4.19. The minimum Gasteiger partial charge on any atom is -0.377 e. The molecule has 0 amide bonds. The van der Waals surface area contributed by atoms with Crippen molar-refractivity contribution in [1.82, 2.24) is 5.32 Å². The van der Waals surface area contributed by atoms with Gasteiger partial charge in [-0.05, 0) is 31.2 Å². The SMILES string of the molecule is CCNC(C)c1ccc(N2CC(OC)C(OC)C2)cc1Cl. The average Bonchev–Trinajstić information content (AvgIpc) is 2.90. The molecule has 21 heavy (non-hydrogen) atoms. The number of nitrogens with zero attached hydrogens (tertiary/aromatic N) is 1. The van der Waals surface area contributed by atoms with E-state index in [2.05, 4.69) is 36.2 Å². The molecule has 5 heteroatoms. The second kappa shape index (κ2) is 7.45. The van der Waals surface area contributed by atoms with Gasteiger partial charge in [0.05, 0.1) is 0 Å². The van der Waals surface area contributed by atoms with Gasteiger partial charge >= 0.3 is 0 Å². The van der Waals surface area contributed by atoms with E-state index in [0.717, 1.165) is 35.9 Å². The lowest BCUT2D eigenvalue weighted by atomic mass is 10.1. The van der Waals surface area contributed by atoms with Crippen LogP contribution in [0, 0.1) is 0 Å². The number of nitrogens with one attached hydrogen (secondary N) is 1. The molecule has 3 atom stereocenters. The summed E-state index contributed by atoms with van der Waals surface area (Å²) in [7, 11) is 3.46. The van der Waals surface area contributed by atoms with Crippen LogP contribution >= 0.6 is 11.6 Å². The monoisotopic (exact) mass is 312 g/mol. The molecule has 1 N–H and O–H groups in total. The molecule has 0 aromatic heterocycles. The molecule has 3 unspecified atom stereocenters. The number of hydrogen-bond acceptors (Lipinski definition) is 4. The Labute approximate surface area is 132 Å². The van der Waals surface area contributed by atoms with Crippen LogP contribution in [-0.2, 0) is 9.47 Å². The highest BCUT2D eigenvalue weighted by molar-refractivity contribution is 6.31. The molecule has 1 heterocycles.